The molecule has 1 aromatic heterocycles. The van der Waals surface area contributed by atoms with Crippen LogP contribution in [0.25, 0.3) is 0 Å². The van der Waals surface area contributed by atoms with Crippen LogP contribution in [0.5, 0.6) is 0 Å². The van der Waals surface area contributed by atoms with Gasteiger partial charge in [0.2, 0.25) is 11.8 Å². The van der Waals surface area contributed by atoms with E-state index in [0.717, 1.165) is 12.2 Å². The number of hydrogen-bond acceptors (Lipinski definition) is 3. The van der Waals surface area contributed by atoms with Gasteiger partial charge in [0.15, 0.2) is 0 Å². The van der Waals surface area contributed by atoms with Crippen molar-refractivity contribution in [1.29, 1.82) is 0 Å². The Balaban J connectivity index is 2.07. The highest BCUT2D eigenvalue weighted by Gasteiger charge is 2.22. The molecular formula is C22H30N2O3. The van der Waals surface area contributed by atoms with Gasteiger partial charge in [0.25, 0.3) is 0 Å². The van der Waals surface area contributed by atoms with E-state index in [1.54, 1.807) is 16.1 Å². The fraction of sp³-hybridized carbons (Fsp3) is 0.455. The van der Waals surface area contributed by atoms with Gasteiger partial charge in [-0.2, -0.15) is 0 Å². The second-order valence-electron chi connectivity index (χ2n) is 7.15. The molecule has 0 radical (unpaired) electrons. The van der Waals surface area contributed by atoms with Gasteiger partial charge in [0.1, 0.15) is 5.76 Å². The SMILES string of the molecule is CCC(=O)N(CC(=O)N(CCc1ccccc1)Cc1ccco1)CC(C)C. The molecule has 0 aliphatic carbocycles. The molecule has 2 rings (SSSR count). The van der Waals surface area contributed by atoms with E-state index in [1.165, 1.54) is 5.56 Å². The second-order valence-corrected chi connectivity index (χ2v) is 7.15. The van der Waals surface area contributed by atoms with Crippen LogP contribution in [0.2, 0.25) is 0 Å². The molecule has 27 heavy (non-hydrogen) atoms. The van der Waals surface area contributed by atoms with Crippen LogP contribution in [0, 0.1) is 5.92 Å². The molecular weight excluding hydrogens is 340 g/mol. The summed E-state index contributed by atoms with van der Waals surface area (Å²) in [7, 11) is 0. The lowest BCUT2D eigenvalue weighted by molar-refractivity contribution is -0.141. The fourth-order valence-electron chi connectivity index (χ4n) is 2.97. The summed E-state index contributed by atoms with van der Waals surface area (Å²) in [4.78, 5) is 28.7. The molecule has 0 fully saturated rings. The van der Waals surface area contributed by atoms with E-state index < -0.39 is 0 Å². The van der Waals surface area contributed by atoms with Crippen LogP contribution in [0.15, 0.2) is 53.1 Å². The van der Waals surface area contributed by atoms with Gasteiger partial charge in [0.05, 0.1) is 19.4 Å². The number of furan rings is 1. The summed E-state index contributed by atoms with van der Waals surface area (Å²) in [5, 5.41) is 0. The van der Waals surface area contributed by atoms with Crippen LogP contribution in [0.1, 0.15) is 38.5 Å². The van der Waals surface area contributed by atoms with Gasteiger partial charge >= 0.3 is 0 Å². The maximum atomic E-state index is 13.0. The van der Waals surface area contributed by atoms with Crippen LogP contribution in [0.3, 0.4) is 0 Å². The lowest BCUT2D eigenvalue weighted by Gasteiger charge is -2.28. The molecule has 0 saturated carbocycles. The molecule has 0 spiro atoms. The van der Waals surface area contributed by atoms with E-state index in [1.807, 2.05) is 37.3 Å². The first-order chi connectivity index (χ1) is 13.0. The van der Waals surface area contributed by atoms with Gasteiger partial charge in [-0.05, 0) is 30.0 Å². The summed E-state index contributed by atoms with van der Waals surface area (Å²) in [6.07, 6.45) is 2.78. The first kappa shape index (κ1) is 20.7. The number of rotatable bonds is 10. The minimum Gasteiger partial charge on any atom is -0.467 e. The minimum atomic E-state index is -0.0511. The van der Waals surface area contributed by atoms with Crippen molar-refractivity contribution in [2.24, 2.45) is 5.92 Å². The Morgan fingerprint density at radius 1 is 1.00 bits per heavy atom. The highest BCUT2D eigenvalue weighted by molar-refractivity contribution is 5.84. The van der Waals surface area contributed by atoms with Crippen LogP contribution in [-0.2, 0) is 22.6 Å². The highest BCUT2D eigenvalue weighted by atomic mass is 16.3. The van der Waals surface area contributed by atoms with Gasteiger partial charge in [-0.15, -0.1) is 0 Å². The summed E-state index contributed by atoms with van der Waals surface area (Å²) < 4.78 is 5.43. The Morgan fingerprint density at radius 3 is 2.33 bits per heavy atom. The minimum absolute atomic E-state index is 0.0121. The molecule has 5 heteroatoms. The molecule has 146 valence electrons. The number of benzene rings is 1. The van der Waals surface area contributed by atoms with E-state index in [-0.39, 0.29) is 18.4 Å². The van der Waals surface area contributed by atoms with Gasteiger partial charge < -0.3 is 14.2 Å². The van der Waals surface area contributed by atoms with Crippen molar-refractivity contribution in [2.75, 3.05) is 19.6 Å². The van der Waals surface area contributed by atoms with Crippen molar-refractivity contribution in [3.05, 3.63) is 60.1 Å². The average molecular weight is 370 g/mol. The van der Waals surface area contributed by atoms with Crippen LogP contribution >= 0.6 is 0 Å². The van der Waals surface area contributed by atoms with E-state index >= 15 is 0 Å². The summed E-state index contributed by atoms with van der Waals surface area (Å²) in [5.41, 5.74) is 1.18. The molecule has 1 aromatic carbocycles. The Kier molecular flexibility index (Phi) is 8.11. The topological polar surface area (TPSA) is 53.8 Å². The van der Waals surface area contributed by atoms with E-state index in [9.17, 15) is 9.59 Å². The molecule has 0 N–H and O–H groups in total. The molecule has 0 aliphatic heterocycles. The Hall–Kier alpha value is -2.56. The number of nitrogens with zero attached hydrogens (tertiary/aromatic N) is 2. The maximum absolute atomic E-state index is 13.0. The number of carbonyl (C=O) groups excluding carboxylic acids is 2. The average Bonchev–Trinajstić information content (AvgIpc) is 3.17. The molecule has 0 atom stereocenters. The van der Waals surface area contributed by atoms with Gasteiger partial charge in [-0.25, -0.2) is 0 Å². The third-order valence-electron chi connectivity index (χ3n) is 4.36. The number of carbonyl (C=O) groups is 2. The van der Waals surface area contributed by atoms with E-state index in [4.69, 9.17) is 4.42 Å². The Morgan fingerprint density at radius 2 is 1.74 bits per heavy atom. The molecule has 0 saturated heterocycles. The van der Waals surface area contributed by atoms with Crippen LogP contribution in [0.4, 0.5) is 0 Å². The number of hydrogen-bond donors (Lipinski definition) is 0. The van der Waals surface area contributed by atoms with Gasteiger partial charge in [-0.3, -0.25) is 9.59 Å². The van der Waals surface area contributed by atoms with Gasteiger partial charge in [0, 0.05) is 19.5 Å². The Labute approximate surface area is 162 Å². The zero-order valence-electron chi connectivity index (χ0n) is 16.6. The van der Waals surface area contributed by atoms with Crippen molar-refractivity contribution in [1.82, 2.24) is 9.80 Å². The quantitative estimate of drug-likeness (QED) is 0.640. The summed E-state index contributed by atoms with van der Waals surface area (Å²) in [6, 6.07) is 13.8. The van der Waals surface area contributed by atoms with Crippen molar-refractivity contribution in [2.45, 2.75) is 40.2 Å². The lowest BCUT2D eigenvalue weighted by Crippen LogP contribution is -2.44. The third-order valence-corrected chi connectivity index (χ3v) is 4.36. The predicted octanol–water partition coefficient (Wildman–Crippen LogP) is 3.75. The molecule has 2 aromatic rings. The van der Waals surface area contributed by atoms with Crippen LogP contribution < -0.4 is 0 Å². The van der Waals surface area contributed by atoms with Crippen molar-refractivity contribution < 1.29 is 14.0 Å². The normalized spacial score (nSPS) is 10.8. The molecule has 0 bridgehead atoms. The standard InChI is InChI=1S/C22H30N2O3/c1-4-21(25)24(15-18(2)3)17-22(26)23(16-20-11-8-14-27-20)13-12-19-9-6-5-7-10-19/h5-11,14,18H,4,12-13,15-17H2,1-3H3. The smallest absolute Gasteiger partial charge is 0.242 e. The molecule has 1 heterocycles. The summed E-state index contributed by atoms with van der Waals surface area (Å²) >= 11 is 0. The van der Waals surface area contributed by atoms with Crippen LogP contribution in [-0.4, -0.2) is 41.2 Å². The zero-order valence-corrected chi connectivity index (χ0v) is 16.6. The van der Waals surface area contributed by atoms with Gasteiger partial charge in [-0.1, -0.05) is 51.1 Å². The predicted molar refractivity (Wildman–Crippen MR) is 106 cm³/mol. The third kappa shape index (κ3) is 6.93. The summed E-state index contributed by atoms with van der Waals surface area (Å²) in [6.45, 7) is 7.63. The fourth-order valence-corrected chi connectivity index (χ4v) is 2.97. The van der Waals surface area contributed by atoms with E-state index in [0.29, 0.717) is 32.0 Å². The van der Waals surface area contributed by atoms with Crippen molar-refractivity contribution in [3.63, 3.8) is 0 Å². The molecule has 0 aliphatic rings. The van der Waals surface area contributed by atoms with Crippen molar-refractivity contribution in [3.8, 4) is 0 Å². The molecule has 0 unspecified atom stereocenters. The number of amides is 2. The highest BCUT2D eigenvalue weighted by Crippen LogP contribution is 2.10. The monoisotopic (exact) mass is 370 g/mol. The second kappa shape index (κ2) is 10.6. The lowest BCUT2D eigenvalue weighted by atomic mass is 10.1. The molecule has 2 amide bonds. The molecule has 5 nitrogen and oxygen atoms in total. The first-order valence-electron chi connectivity index (χ1n) is 9.61. The largest absolute Gasteiger partial charge is 0.467 e. The summed E-state index contributed by atoms with van der Waals surface area (Å²) in [5.74, 6) is 1.02. The van der Waals surface area contributed by atoms with Crippen molar-refractivity contribution >= 4 is 11.8 Å². The Bertz CT molecular complexity index is 696. The van der Waals surface area contributed by atoms with E-state index in [2.05, 4.69) is 26.0 Å². The zero-order chi connectivity index (χ0) is 19.6. The first-order valence-corrected chi connectivity index (χ1v) is 9.61. The maximum Gasteiger partial charge on any atom is 0.242 e.